The van der Waals surface area contributed by atoms with E-state index in [1.807, 2.05) is 35.6 Å². The Kier molecular flexibility index (Phi) is 8.67. The number of nitrogens with two attached hydrogens (primary N) is 1. The summed E-state index contributed by atoms with van der Waals surface area (Å²) in [5.74, 6) is 1.38. The van der Waals surface area contributed by atoms with E-state index in [2.05, 4.69) is 26.1 Å². The first-order chi connectivity index (χ1) is 15.6. The van der Waals surface area contributed by atoms with Crippen LogP contribution in [-0.2, 0) is 6.54 Å². The number of piperazine rings is 1. The highest BCUT2D eigenvalue weighted by Gasteiger charge is 2.21. The number of benzene rings is 2. The average Bonchev–Trinajstić information content (AvgIpc) is 2.83. The number of hydrogen-bond acceptors (Lipinski definition) is 7. The Bertz CT molecular complexity index is 1150. The molecule has 0 saturated carbocycles. The summed E-state index contributed by atoms with van der Waals surface area (Å²) in [6.45, 7) is 4.88. The fourth-order valence-corrected chi connectivity index (χ4v) is 4.35. The maximum Gasteiger partial charge on any atom is 0.252 e. The van der Waals surface area contributed by atoms with Crippen molar-refractivity contribution < 1.29 is 27.6 Å². The molecule has 33 heavy (non-hydrogen) atoms. The molecule has 1 fully saturated rings. The standard InChI is InChI=1S/C23H25ClN6O2.ClH/c1-32-22-3-2-16(11-20(22)24)14-26-23-18-10-17(13-25)12-21(19(18)15-27-28-23)30-6-4-29(5-7-30)8-9-31;/h2-3,10-12,15,31H,4-9,14H2,1H3,(H,26,28);1H. The van der Waals surface area contributed by atoms with E-state index in [-0.39, 0.29) is 19.0 Å². The Morgan fingerprint density at radius 1 is 1.18 bits per heavy atom. The first kappa shape index (κ1) is 25.0. The summed E-state index contributed by atoms with van der Waals surface area (Å²) in [6.07, 6.45) is 1.77. The van der Waals surface area contributed by atoms with Gasteiger partial charge >= 0.3 is 0 Å². The van der Waals surface area contributed by atoms with Crippen LogP contribution in [0.1, 0.15) is 11.1 Å². The lowest BCUT2D eigenvalue weighted by Crippen LogP contribution is -3.00. The second kappa shape index (κ2) is 11.5. The van der Waals surface area contributed by atoms with Crippen molar-refractivity contribution in [3.05, 3.63) is 52.7 Å². The van der Waals surface area contributed by atoms with E-state index in [1.165, 1.54) is 0 Å². The van der Waals surface area contributed by atoms with Crippen LogP contribution in [0.5, 0.6) is 5.75 Å². The molecular weight excluding hydrogens is 463 g/mol. The Balaban J connectivity index is 0.00000306. The minimum atomic E-state index is 0. The number of quaternary nitrogens is 1. The molecule has 0 bridgehead atoms. The molecule has 8 nitrogen and oxygen atoms in total. The van der Waals surface area contributed by atoms with E-state index in [0.29, 0.717) is 29.4 Å². The topological polar surface area (TPSA) is 102 Å². The largest absolute Gasteiger partial charge is 1.00 e. The number of fused-ring (bicyclic) bond motifs is 1. The van der Waals surface area contributed by atoms with Crippen LogP contribution in [0.3, 0.4) is 0 Å². The minimum Gasteiger partial charge on any atom is -1.00 e. The van der Waals surface area contributed by atoms with Crippen LogP contribution in [0, 0.1) is 11.3 Å². The maximum atomic E-state index is 9.63. The van der Waals surface area contributed by atoms with Crippen LogP contribution in [0.4, 0.5) is 11.5 Å². The lowest BCUT2D eigenvalue weighted by Gasteiger charge is -2.36. The number of β-amino-alcohol motifs (C(OH)–C–C–N with tert-alkyl or cyclic N) is 1. The highest BCUT2D eigenvalue weighted by atomic mass is 35.5. The number of hydrogen-bond donors (Lipinski definition) is 2. The summed E-state index contributed by atoms with van der Waals surface area (Å²) in [5, 5.41) is 31.9. The van der Waals surface area contributed by atoms with Gasteiger partial charge < -0.3 is 27.2 Å². The molecule has 1 aliphatic heterocycles. The van der Waals surface area contributed by atoms with E-state index in [0.717, 1.165) is 54.0 Å². The fraction of sp³-hybridized carbons (Fsp3) is 0.348. The van der Waals surface area contributed by atoms with Gasteiger partial charge in [-0.2, -0.15) is 10.4 Å². The quantitative estimate of drug-likeness (QED) is 0.425. The van der Waals surface area contributed by atoms with Gasteiger partial charge in [-0.3, -0.25) is 10.2 Å². The van der Waals surface area contributed by atoms with Gasteiger partial charge in [0.2, 0.25) is 0 Å². The third-order valence-corrected chi connectivity index (χ3v) is 6.09. The zero-order chi connectivity index (χ0) is 22.5. The monoisotopic (exact) mass is 488 g/mol. The van der Waals surface area contributed by atoms with Crippen LogP contribution < -0.4 is 27.4 Å². The minimum absolute atomic E-state index is 0. The Morgan fingerprint density at radius 3 is 2.64 bits per heavy atom. The Labute approximate surface area is 204 Å². The van der Waals surface area contributed by atoms with Gasteiger partial charge in [-0.1, -0.05) is 16.7 Å². The molecule has 0 aliphatic carbocycles. The second-order valence-electron chi connectivity index (χ2n) is 7.73. The zero-order valence-corrected chi connectivity index (χ0v) is 19.9. The van der Waals surface area contributed by atoms with Gasteiger partial charge in [0.1, 0.15) is 12.3 Å². The first-order valence-corrected chi connectivity index (χ1v) is 10.9. The smallest absolute Gasteiger partial charge is 0.252 e. The van der Waals surface area contributed by atoms with Crippen LogP contribution in [-0.4, -0.2) is 66.6 Å². The van der Waals surface area contributed by atoms with E-state index < -0.39 is 0 Å². The third kappa shape index (κ3) is 5.64. The number of nitriles is 1. The van der Waals surface area contributed by atoms with Crippen LogP contribution in [0.25, 0.3) is 10.8 Å². The van der Waals surface area contributed by atoms with Crippen molar-refractivity contribution in [2.45, 2.75) is 6.54 Å². The number of halogens is 2. The predicted molar refractivity (Wildman–Crippen MR) is 123 cm³/mol. The van der Waals surface area contributed by atoms with Gasteiger partial charge in [0.05, 0.1) is 42.0 Å². The highest BCUT2D eigenvalue weighted by Crippen LogP contribution is 2.31. The summed E-state index contributed by atoms with van der Waals surface area (Å²) < 4.78 is 5.22. The zero-order valence-electron chi connectivity index (χ0n) is 18.3. The van der Waals surface area contributed by atoms with Gasteiger partial charge in [-0.05, 0) is 30.3 Å². The number of nitrogens with zero attached hydrogens (tertiary/aromatic N) is 5. The number of aliphatic hydroxyl groups excluding tert-OH is 1. The summed E-state index contributed by atoms with van der Waals surface area (Å²) in [7, 11) is 1.59. The van der Waals surface area contributed by atoms with Gasteiger partial charge in [-0.25, -0.2) is 0 Å². The first-order valence-electron chi connectivity index (χ1n) is 10.6. The molecule has 1 aromatic heterocycles. The van der Waals surface area contributed by atoms with Crippen molar-refractivity contribution in [3.63, 3.8) is 0 Å². The molecule has 0 atom stereocenters. The molecule has 0 spiro atoms. The number of methoxy groups -OCH3 is 1. The number of aliphatic hydroxyl groups is 1. The van der Waals surface area contributed by atoms with Crippen LogP contribution >= 0.6 is 11.6 Å². The van der Waals surface area contributed by atoms with Crippen molar-refractivity contribution in [1.29, 1.82) is 5.26 Å². The van der Waals surface area contributed by atoms with Crippen molar-refractivity contribution >= 4 is 33.9 Å². The molecule has 3 N–H and O–H groups in total. The number of anilines is 1. The lowest BCUT2D eigenvalue weighted by molar-refractivity contribution is -0.591. The average molecular weight is 489 g/mol. The predicted octanol–water partition coefficient (Wildman–Crippen LogP) is -1.32. The maximum absolute atomic E-state index is 9.63. The summed E-state index contributed by atoms with van der Waals surface area (Å²) in [5.41, 5.74) is 2.63. The van der Waals surface area contributed by atoms with E-state index in [9.17, 15) is 10.4 Å². The Hall–Kier alpha value is -2.67. The lowest BCUT2D eigenvalue weighted by atomic mass is 10.1. The van der Waals surface area contributed by atoms with Crippen molar-refractivity contribution in [2.75, 3.05) is 51.3 Å². The van der Waals surface area contributed by atoms with E-state index in [4.69, 9.17) is 16.3 Å². The van der Waals surface area contributed by atoms with Gasteiger partial charge in [-0.15, -0.1) is 0 Å². The molecule has 0 unspecified atom stereocenters. The highest BCUT2D eigenvalue weighted by molar-refractivity contribution is 6.32. The molecule has 10 heteroatoms. The molecule has 1 aliphatic rings. The molecule has 2 heterocycles. The number of ether oxygens (including phenoxy) is 1. The molecule has 0 amide bonds. The normalized spacial score (nSPS) is 14.1. The van der Waals surface area contributed by atoms with Crippen LogP contribution in [0.15, 0.2) is 36.5 Å². The van der Waals surface area contributed by atoms with Crippen LogP contribution in [0.2, 0.25) is 5.02 Å². The molecule has 3 aromatic rings. The Morgan fingerprint density at radius 2 is 1.97 bits per heavy atom. The number of aromatic nitrogens is 2. The summed E-state index contributed by atoms with van der Waals surface area (Å²) in [6, 6.07) is 11.8. The van der Waals surface area contributed by atoms with Gasteiger partial charge in [0.25, 0.3) is 5.82 Å². The summed E-state index contributed by atoms with van der Waals surface area (Å²) >= 11 is 6.26. The van der Waals surface area contributed by atoms with E-state index >= 15 is 0 Å². The fourth-order valence-electron chi connectivity index (χ4n) is 4.07. The van der Waals surface area contributed by atoms with E-state index in [1.54, 1.807) is 13.3 Å². The molecule has 0 radical (unpaired) electrons. The molecule has 2 aromatic carbocycles. The molecular formula is C23H26Cl2N6O2. The van der Waals surface area contributed by atoms with Crippen molar-refractivity contribution in [1.82, 2.24) is 15.1 Å². The van der Waals surface area contributed by atoms with Crippen molar-refractivity contribution in [3.8, 4) is 11.8 Å². The SMILES string of the molecule is COc1ccc(C[NH2+]c2nncc3c(N4CCN(CCO)CC4)cc(C#N)cc23)cc1Cl.[Cl-]. The van der Waals surface area contributed by atoms with Crippen molar-refractivity contribution in [2.24, 2.45) is 0 Å². The van der Waals surface area contributed by atoms with Gasteiger partial charge in [0, 0.05) is 49.4 Å². The number of rotatable bonds is 7. The summed E-state index contributed by atoms with van der Waals surface area (Å²) in [4.78, 5) is 4.53. The molecule has 174 valence electrons. The molecule has 1 saturated heterocycles. The third-order valence-electron chi connectivity index (χ3n) is 5.79. The van der Waals surface area contributed by atoms with Gasteiger partial charge in [0.15, 0.2) is 0 Å². The molecule has 4 rings (SSSR count). The second-order valence-corrected chi connectivity index (χ2v) is 8.13.